The second kappa shape index (κ2) is 10.3. The normalized spacial score (nSPS) is 12.3. The van der Waals surface area contributed by atoms with Crippen LogP contribution in [0.15, 0.2) is 48.5 Å². The molecule has 0 radical (unpaired) electrons. The summed E-state index contributed by atoms with van der Waals surface area (Å²) in [6.07, 6.45) is 2.64. The van der Waals surface area contributed by atoms with Gasteiger partial charge in [-0.15, -0.1) is 0 Å². The molecule has 0 spiro atoms. The van der Waals surface area contributed by atoms with Crippen LogP contribution in [0.5, 0.6) is 5.75 Å². The summed E-state index contributed by atoms with van der Waals surface area (Å²) in [6, 6.07) is 14.9. The molecule has 2 rings (SSSR count). The molecule has 0 saturated carbocycles. The molecule has 6 nitrogen and oxygen atoms in total. The Balaban J connectivity index is 1.95. The zero-order chi connectivity index (χ0) is 21.4. The fourth-order valence-corrected chi connectivity index (χ4v) is 4.13. The topological polar surface area (TPSA) is 75.7 Å². The number of benzene rings is 2. The molecule has 2 aromatic carbocycles. The number of nitrogens with one attached hydrogen (secondary N) is 1. The van der Waals surface area contributed by atoms with Gasteiger partial charge in [0, 0.05) is 13.0 Å². The van der Waals surface area contributed by atoms with E-state index in [0.29, 0.717) is 12.1 Å². The van der Waals surface area contributed by atoms with Crippen molar-refractivity contribution in [2.45, 2.75) is 39.2 Å². The lowest BCUT2D eigenvalue weighted by Crippen LogP contribution is -2.33. The van der Waals surface area contributed by atoms with Gasteiger partial charge in [-0.25, -0.2) is 8.42 Å². The lowest BCUT2D eigenvalue weighted by atomic mass is 10.0. The van der Waals surface area contributed by atoms with E-state index in [1.165, 1.54) is 10.6 Å². The standard InChI is InChI=1S/C22H30N2O4S/c1-5-21(18-11-13-20(28-3)14-12-18)23-22(25)10-7-15-24(29(4,26)27)19-9-6-8-17(2)16-19/h6,8-9,11-14,16,21H,5,7,10,15H2,1-4H3,(H,23,25)/t21-/m0/s1. The fourth-order valence-electron chi connectivity index (χ4n) is 3.18. The smallest absolute Gasteiger partial charge is 0.232 e. The van der Waals surface area contributed by atoms with Gasteiger partial charge in [0.2, 0.25) is 15.9 Å². The molecule has 0 heterocycles. The summed E-state index contributed by atoms with van der Waals surface area (Å²) in [5.74, 6) is 0.678. The molecule has 0 aromatic heterocycles. The first kappa shape index (κ1) is 22.7. The van der Waals surface area contributed by atoms with Crippen LogP contribution in [-0.2, 0) is 14.8 Å². The largest absolute Gasteiger partial charge is 0.497 e. The molecule has 7 heteroatoms. The van der Waals surface area contributed by atoms with Gasteiger partial charge >= 0.3 is 0 Å². The van der Waals surface area contributed by atoms with E-state index in [4.69, 9.17) is 4.74 Å². The monoisotopic (exact) mass is 418 g/mol. The SMILES string of the molecule is CC[C@H](NC(=O)CCCN(c1cccc(C)c1)S(C)(=O)=O)c1ccc(OC)cc1. The summed E-state index contributed by atoms with van der Waals surface area (Å²) in [4.78, 5) is 12.4. The zero-order valence-electron chi connectivity index (χ0n) is 17.5. The van der Waals surface area contributed by atoms with Crippen molar-refractivity contribution in [2.75, 3.05) is 24.2 Å². The summed E-state index contributed by atoms with van der Waals surface area (Å²) < 4.78 is 30.9. The molecule has 0 aliphatic carbocycles. The maximum absolute atomic E-state index is 12.4. The third kappa shape index (κ3) is 6.78. The molecule has 1 N–H and O–H groups in total. The van der Waals surface area contributed by atoms with Crippen molar-refractivity contribution >= 4 is 21.6 Å². The highest BCUT2D eigenvalue weighted by Crippen LogP contribution is 2.21. The van der Waals surface area contributed by atoms with Gasteiger partial charge in [0.05, 0.1) is 25.1 Å². The number of aryl methyl sites for hydroxylation is 1. The van der Waals surface area contributed by atoms with E-state index < -0.39 is 10.0 Å². The van der Waals surface area contributed by atoms with Crippen LogP contribution < -0.4 is 14.4 Å². The number of hydrogen-bond acceptors (Lipinski definition) is 4. The Morgan fingerprint density at radius 1 is 1.17 bits per heavy atom. The Kier molecular flexibility index (Phi) is 8.08. The summed E-state index contributed by atoms with van der Waals surface area (Å²) in [6.45, 7) is 4.19. The Morgan fingerprint density at radius 2 is 1.86 bits per heavy atom. The van der Waals surface area contributed by atoms with Crippen LogP contribution in [-0.4, -0.2) is 34.2 Å². The molecule has 1 atom stereocenters. The molecule has 158 valence electrons. The van der Waals surface area contributed by atoms with E-state index in [0.717, 1.165) is 23.3 Å². The van der Waals surface area contributed by atoms with Gasteiger partial charge in [-0.1, -0.05) is 31.2 Å². The predicted molar refractivity (Wildman–Crippen MR) is 117 cm³/mol. The lowest BCUT2D eigenvalue weighted by molar-refractivity contribution is -0.121. The van der Waals surface area contributed by atoms with Gasteiger partial charge in [0.1, 0.15) is 5.75 Å². The Labute approximate surface area is 173 Å². The zero-order valence-corrected chi connectivity index (χ0v) is 18.3. The minimum atomic E-state index is -3.42. The molecular weight excluding hydrogens is 388 g/mol. The van der Waals surface area contributed by atoms with E-state index in [-0.39, 0.29) is 24.9 Å². The Morgan fingerprint density at radius 3 is 2.41 bits per heavy atom. The second-order valence-corrected chi connectivity index (χ2v) is 8.99. The highest BCUT2D eigenvalue weighted by molar-refractivity contribution is 7.92. The summed E-state index contributed by atoms with van der Waals surface area (Å²) in [7, 11) is -1.80. The highest BCUT2D eigenvalue weighted by atomic mass is 32.2. The minimum absolute atomic E-state index is 0.0869. The first-order chi connectivity index (χ1) is 13.7. The van der Waals surface area contributed by atoms with Crippen LogP contribution in [0.1, 0.15) is 43.4 Å². The first-order valence-corrected chi connectivity index (χ1v) is 11.6. The lowest BCUT2D eigenvalue weighted by Gasteiger charge is -2.23. The number of hydrogen-bond donors (Lipinski definition) is 1. The third-order valence-corrected chi connectivity index (χ3v) is 5.91. The van der Waals surface area contributed by atoms with E-state index in [1.54, 1.807) is 13.2 Å². The van der Waals surface area contributed by atoms with E-state index in [2.05, 4.69) is 5.32 Å². The number of rotatable bonds is 10. The van der Waals surface area contributed by atoms with Gasteiger partial charge in [-0.05, 0) is 55.2 Å². The van der Waals surface area contributed by atoms with Gasteiger partial charge < -0.3 is 10.1 Å². The van der Waals surface area contributed by atoms with Crippen LogP contribution in [0.2, 0.25) is 0 Å². The Hall–Kier alpha value is -2.54. The second-order valence-electron chi connectivity index (χ2n) is 7.08. The number of nitrogens with zero attached hydrogens (tertiary/aromatic N) is 1. The summed E-state index contributed by atoms with van der Waals surface area (Å²) in [5, 5.41) is 3.03. The number of sulfonamides is 1. The van der Waals surface area contributed by atoms with Crippen molar-refractivity contribution in [3.05, 3.63) is 59.7 Å². The van der Waals surface area contributed by atoms with Crippen LogP contribution in [0, 0.1) is 6.92 Å². The molecular formula is C22H30N2O4S. The molecule has 0 aliphatic heterocycles. The molecule has 0 fully saturated rings. The van der Waals surface area contributed by atoms with Gasteiger partial charge in [0.25, 0.3) is 0 Å². The van der Waals surface area contributed by atoms with Crippen LogP contribution >= 0.6 is 0 Å². The molecule has 1 amide bonds. The number of amides is 1. The highest BCUT2D eigenvalue weighted by Gasteiger charge is 2.18. The maximum Gasteiger partial charge on any atom is 0.232 e. The number of ether oxygens (including phenoxy) is 1. The molecule has 0 unspecified atom stereocenters. The molecule has 0 aliphatic rings. The van der Waals surface area contributed by atoms with E-state index >= 15 is 0 Å². The minimum Gasteiger partial charge on any atom is -0.497 e. The van der Waals surface area contributed by atoms with Crippen LogP contribution in [0.3, 0.4) is 0 Å². The summed E-state index contributed by atoms with van der Waals surface area (Å²) in [5.41, 5.74) is 2.62. The molecule has 2 aromatic rings. The molecule has 0 bridgehead atoms. The average molecular weight is 419 g/mol. The van der Waals surface area contributed by atoms with Crippen molar-refractivity contribution in [1.82, 2.24) is 5.32 Å². The maximum atomic E-state index is 12.4. The van der Waals surface area contributed by atoms with Crippen molar-refractivity contribution in [2.24, 2.45) is 0 Å². The average Bonchev–Trinajstić information content (AvgIpc) is 2.68. The predicted octanol–water partition coefficient (Wildman–Crippen LogP) is 3.82. The molecule has 0 saturated heterocycles. The van der Waals surface area contributed by atoms with E-state index in [1.807, 2.05) is 56.3 Å². The van der Waals surface area contributed by atoms with Crippen molar-refractivity contribution < 1.29 is 17.9 Å². The van der Waals surface area contributed by atoms with Crippen molar-refractivity contribution in [1.29, 1.82) is 0 Å². The fraction of sp³-hybridized carbons (Fsp3) is 0.409. The Bertz CT molecular complexity index is 911. The van der Waals surface area contributed by atoms with Gasteiger partial charge in [-0.3, -0.25) is 9.10 Å². The number of anilines is 1. The van der Waals surface area contributed by atoms with Crippen LogP contribution in [0.4, 0.5) is 5.69 Å². The quantitative estimate of drug-likeness (QED) is 0.636. The van der Waals surface area contributed by atoms with E-state index in [9.17, 15) is 13.2 Å². The number of methoxy groups -OCH3 is 1. The number of carbonyl (C=O) groups excluding carboxylic acids is 1. The summed E-state index contributed by atoms with van der Waals surface area (Å²) >= 11 is 0. The third-order valence-electron chi connectivity index (χ3n) is 4.72. The number of carbonyl (C=O) groups is 1. The van der Waals surface area contributed by atoms with Crippen molar-refractivity contribution in [3.63, 3.8) is 0 Å². The van der Waals surface area contributed by atoms with Gasteiger partial charge in [0.15, 0.2) is 0 Å². The molecule has 29 heavy (non-hydrogen) atoms. The van der Waals surface area contributed by atoms with Crippen LogP contribution in [0.25, 0.3) is 0 Å². The first-order valence-electron chi connectivity index (χ1n) is 9.72. The van der Waals surface area contributed by atoms with Crippen molar-refractivity contribution in [3.8, 4) is 5.75 Å². The van der Waals surface area contributed by atoms with Gasteiger partial charge in [-0.2, -0.15) is 0 Å².